The molecule has 0 fully saturated rings. The van der Waals surface area contributed by atoms with Crippen molar-refractivity contribution in [3.05, 3.63) is 62.1 Å². The molecule has 4 rings (SSSR count). The highest BCUT2D eigenvalue weighted by Crippen LogP contribution is 2.25. The predicted octanol–water partition coefficient (Wildman–Crippen LogP) is 2.21. The molecule has 4 aromatic rings. The molecule has 0 unspecified atom stereocenters. The molecule has 0 aliphatic carbocycles. The number of benzene rings is 1. The summed E-state index contributed by atoms with van der Waals surface area (Å²) in [5, 5.41) is 0. The molecule has 8 heteroatoms. The molecule has 1 atom stereocenters. The summed E-state index contributed by atoms with van der Waals surface area (Å²) in [6.07, 6.45) is 0. The van der Waals surface area contributed by atoms with E-state index in [1.807, 2.05) is 49.6 Å². The molecule has 0 spiro atoms. The van der Waals surface area contributed by atoms with Gasteiger partial charge < -0.3 is 0 Å². The Bertz CT molecular complexity index is 1430. The quantitative estimate of drug-likeness (QED) is 0.534. The standard InChI is InChI=1S/C21H23N5O3/c1-11-8-7-9-16(10-11)24-12(2)13(3)25-17-18(22-20(24)25)23(6)21(29)26(19(17)28)14(4)15(5)27/h7-10,14H,1-6H3/t14-/m0/s1. The fourth-order valence-electron chi connectivity index (χ4n) is 3.82. The fourth-order valence-corrected chi connectivity index (χ4v) is 3.82. The number of aromatic nitrogens is 5. The van der Waals surface area contributed by atoms with Gasteiger partial charge in [-0.1, -0.05) is 12.1 Å². The molecule has 29 heavy (non-hydrogen) atoms. The van der Waals surface area contributed by atoms with E-state index < -0.39 is 17.3 Å². The van der Waals surface area contributed by atoms with Gasteiger partial charge in [-0.2, -0.15) is 4.98 Å². The number of ketones is 1. The minimum Gasteiger partial charge on any atom is -0.298 e. The van der Waals surface area contributed by atoms with Crippen molar-refractivity contribution in [2.75, 3.05) is 0 Å². The van der Waals surface area contributed by atoms with Crippen molar-refractivity contribution < 1.29 is 4.79 Å². The van der Waals surface area contributed by atoms with E-state index in [1.165, 1.54) is 11.5 Å². The van der Waals surface area contributed by atoms with Crippen LogP contribution < -0.4 is 11.2 Å². The number of hydrogen-bond donors (Lipinski definition) is 0. The van der Waals surface area contributed by atoms with Gasteiger partial charge in [0, 0.05) is 24.1 Å². The van der Waals surface area contributed by atoms with Crippen LogP contribution in [-0.2, 0) is 11.8 Å². The van der Waals surface area contributed by atoms with Crippen LogP contribution >= 0.6 is 0 Å². The van der Waals surface area contributed by atoms with Crippen LogP contribution in [0.1, 0.15) is 36.8 Å². The number of rotatable bonds is 3. The van der Waals surface area contributed by atoms with Gasteiger partial charge in [0.1, 0.15) is 0 Å². The molecule has 1 aromatic carbocycles. The summed E-state index contributed by atoms with van der Waals surface area (Å²) in [6.45, 7) is 8.83. The smallest absolute Gasteiger partial charge is 0.298 e. The maximum absolute atomic E-state index is 13.3. The molecule has 0 N–H and O–H groups in total. The van der Waals surface area contributed by atoms with Gasteiger partial charge in [-0.3, -0.25) is 23.1 Å². The summed E-state index contributed by atoms with van der Waals surface area (Å²) >= 11 is 0. The van der Waals surface area contributed by atoms with Crippen LogP contribution in [0.15, 0.2) is 33.9 Å². The zero-order valence-corrected chi connectivity index (χ0v) is 17.3. The van der Waals surface area contributed by atoms with Gasteiger partial charge in [0.2, 0.25) is 5.78 Å². The van der Waals surface area contributed by atoms with Crippen LogP contribution in [0.5, 0.6) is 0 Å². The Balaban J connectivity index is 2.21. The number of carbonyl (C=O) groups excluding carboxylic acids is 1. The Morgan fingerprint density at radius 3 is 2.41 bits per heavy atom. The maximum Gasteiger partial charge on any atom is 0.333 e. The van der Waals surface area contributed by atoms with E-state index in [2.05, 4.69) is 4.98 Å². The third-order valence-corrected chi connectivity index (χ3v) is 5.70. The Kier molecular flexibility index (Phi) is 4.11. The number of aryl methyl sites for hydroxylation is 3. The molecule has 3 heterocycles. The van der Waals surface area contributed by atoms with Crippen molar-refractivity contribution in [3.8, 4) is 5.69 Å². The van der Waals surface area contributed by atoms with Gasteiger partial charge in [0.25, 0.3) is 5.56 Å². The zero-order chi connectivity index (χ0) is 21.2. The molecule has 3 aromatic heterocycles. The second-order valence-electron chi connectivity index (χ2n) is 7.57. The van der Waals surface area contributed by atoms with Crippen LogP contribution in [0.25, 0.3) is 22.6 Å². The minimum absolute atomic E-state index is 0.255. The molecule has 0 saturated carbocycles. The average Bonchev–Trinajstić information content (AvgIpc) is 3.16. The van der Waals surface area contributed by atoms with E-state index in [1.54, 1.807) is 18.4 Å². The Hall–Kier alpha value is -3.42. The summed E-state index contributed by atoms with van der Waals surface area (Å²) < 4.78 is 6.10. The third-order valence-electron chi connectivity index (χ3n) is 5.70. The zero-order valence-electron chi connectivity index (χ0n) is 17.3. The average molecular weight is 393 g/mol. The van der Waals surface area contributed by atoms with Crippen molar-refractivity contribution in [2.24, 2.45) is 7.05 Å². The van der Waals surface area contributed by atoms with Gasteiger partial charge in [-0.15, -0.1) is 0 Å². The molecule has 8 nitrogen and oxygen atoms in total. The topological polar surface area (TPSA) is 83.3 Å². The second kappa shape index (κ2) is 6.30. The van der Waals surface area contributed by atoms with Crippen LogP contribution in [-0.4, -0.2) is 28.9 Å². The Morgan fingerprint density at radius 2 is 1.79 bits per heavy atom. The first-order valence-corrected chi connectivity index (χ1v) is 9.44. The predicted molar refractivity (Wildman–Crippen MR) is 111 cm³/mol. The summed E-state index contributed by atoms with van der Waals surface area (Å²) in [4.78, 5) is 42.7. The van der Waals surface area contributed by atoms with E-state index >= 15 is 0 Å². The number of Topliss-reactive ketones (excluding diaryl/α,β-unsaturated/α-hetero) is 1. The normalized spacial score (nSPS) is 12.8. The van der Waals surface area contributed by atoms with Gasteiger partial charge in [0.15, 0.2) is 16.9 Å². The molecular formula is C21H23N5O3. The van der Waals surface area contributed by atoms with Crippen LogP contribution in [0.3, 0.4) is 0 Å². The van der Waals surface area contributed by atoms with Crippen molar-refractivity contribution in [2.45, 2.75) is 40.7 Å². The van der Waals surface area contributed by atoms with E-state index in [0.29, 0.717) is 16.9 Å². The summed E-state index contributed by atoms with van der Waals surface area (Å²) in [6, 6.07) is 7.15. The van der Waals surface area contributed by atoms with Crippen LogP contribution in [0, 0.1) is 20.8 Å². The Morgan fingerprint density at radius 1 is 1.10 bits per heavy atom. The molecule has 0 radical (unpaired) electrons. The molecular weight excluding hydrogens is 370 g/mol. The largest absolute Gasteiger partial charge is 0.333 e. The monoisotopic (exact) mass is 393 g/mol. The van der Waals surface area contributed by atoms with Crippen molar-refractivity contribution >= 4 is 22.7 Å². The Labute approximate surface area is 166 Å². The first kappa shape index (κ1) is 18.9. The highest BCUT2D eigenvalue weighted by molar-refractivity contribution is 5.81. The summed E-state index contributed by atoms with van der Waals surface area (Å²) in [7, 11) is 1.57. The minimum atomic E-state index is -0.851. The number of imidazole rings is 2. The summed E-state index contributed by atoms with van der Waals surface area (Å²) in [5.41, 5.74) is 3.35. The first-order valence-electron chi connectivity index (χ1n) is 9.44. The van der Waals surface area contributed by atoms with E-state index in [4.69, 9.17) is 0 Å². The van der Waals surface area contributed by atoms with E-state index in [0.717, 1.165) is 27.2 Å². The van der Waals surface area contributed by atoms with Gasteiger partial charge in [-0.25, -0.2) is 9.36 Å². The maximum atomic E-state index is 13.3. The fraction of sp³-hybridized carbons (Fsp3) is 0.333. The lowest BCUT2D eigenvalue weighted by Crippen LogP contribution is -2.42. The van der Waals surface area contributed by atoms with Crippen LogP contribution in [0.2, 0.25) is 0 Å². The highest BCUT2D eigenvalue weighted by Gasteiger charge is 2.25. The van der Waals surface area contributed by atoms with Crippen molar-refractivity contribution in [1.29, 1.82) is 0 Å². The van der Waals surface area contributed by atoms with Gasteiger partial charge >= 0.3 is 5.69 Å². The molecule has 0 aliphatic rings. The summed E-state index contributed by atoms with van der Waals surface area (Å²) in [5.74, 6) is 0.301. The van der Waals surface area contributed by atoms with Crippen molar-refractivity contribution in [3.63, 3.8) is 0 Å². The number of nitrogens with zero attached hydrogens (tertiary/aromatic N) is 5. The van der Waals surface area contributed by atoms with Crippen molar-refractivity contribution in [1.82, 2.24) is 23.1 Å². The number of fused-ring (bicyclic) bond motifs is 3. The molecule has 0 aliphatic heterocycles. The lowest BCUT2D eigenvalue weighted by atomic mass is 10.2. The van der Waals surface area contributed by atoms with E-state index in [9.17, 15) is 14.4 Å². The molecule has 0 amide bonds. The van der Waals surface area contributed by atoms with Gasteiger partial charge in [0.05, 0.1) is 6.04 Å². The second-order valence-corrected chi connectivity index (χ2v) is 7.57. The first-order chi connectivity index (χ1) is 13.6. The third kappa shape index (κ3) is 2.52. The highest BCUT2D eigenvalue weighted by atomic mass is 16.2. The lowest BCUT2D eigenvalue weighted by Gasteiger charge is -2.12. The molecule has 0 saturated heterocycles. The number of carbonyl (C=O) groups is 1. The van der Waals surface area contributed by atoms with Crippen LogP contribution in [0.4, 0.5) is 0 Å². The number of hydrogen-bond acceptors (Lipinski definition) is 4. The molecule has 150 valence electrons. The molecule has 0 bridgehead atoms. The SMILES string of the molecule is CC(=O)[C@H](C)n1c(=O)c2c(nc3n(-c4cccc(C)c4)c(C)c(C)n23)n(C)c1=O. The van der Waals surface area contributed by atoms with E-state index in [-0.39, 0.29) is 5.78 Å². The van der Waals surface area contributed by atoms with Gasteiger partial charge in [-0.05, 0) is 52.3 Å². The lowest BCUT2D eigenvalue weighted by molar-refractivity contribution is -0.119.